The first-order valence-electron chi connectivity index (χ1n) is 15.1. The number of likely N-dealkylation sites (tertiary alicyclic amines) is 1. The van der Waals surface area contributed by atoms with E-state index in [0.29, 0.717) is 29.3 Å². The highest BCUT2D eigenvalue weighted by molar-refractivity contribution is 7.12. The third-order valence-corrected chi connectivity index (χ3v) is 9.50. The highest BCUT2D eigenvalue weighted by Gasteiger charge is 2.44. The molecule has 3 amide bonds. The number of H-pyrrole nitrogens is 2. The average molecular weight is 636 g/mol. The zero-order valence-corrected chi connectivity index (χ0v) is 26.8. The number of hydrogen-bond donors (Lipinski definition) is 4. The lowest BCUT2D eigenvalue weighted by molar-refractivity contribution is 0.0635. The summed E-state index contributed by atoms with van der Waals surface area (Å²) in [5, 5.41) is 9.17. The zero-order valence-electron chi connectivity index (χ0n) is 26.0. The van der Waals surface area contributed by atoms with Crippen molar-refractivity contribution in [1.82, 2.24) is 14.9 Å². The first kappa shape index (κ1) is 29.5. The summed E-state index contributed by atoms with van der Waals surface area (Å²) in [7, 11) is 0. The molecular formula is C35H33N5O5S. The molecule has 5 aromatic rings. The van der Waals surface area contributed by atoms with Crippen molar-refractivity contribution in [2.75, 3.05) is 17.2 Å². The van der Waals surface area contributed by atoms with Gasteiger partial charge in [0.15, 0.2) is 5.78 Å². The summed E-state index contributed by atoms with van der Waals surface area (Å²) >= 11 is 1.48. The molecule has 2 aliphatic rings. The van der Waals surface area contributed by atoms with Gasteiger partial charge in [-0.05, 0) is 98.7 Å². The number of carbonyl (C=O) groups excluding carboxylic acids is 4. The number of nitrogens with zero attached hydrogens (tertiary/aromatic N) is 1. The summed E-state index contributed by atoms with van der Waals surface area (Å²) in [5.74, 6) is -0.370. The molecule has 234 valence electrons. The van der Waals surface area contributed by atoms with Crippen LogP contribution in [0.5, 0.6) is 0 Å². The van der Waals surface area contributed by atoms with Gasteiger partial charge >= 0.3 is 6.09 Å². The van der Waals surface area contributed by atoms with Gasteiger partial charge in [0.2, 0.25) is 0 Å². The Hall–Kier alpha value is -5.16. The number of amides is 3. The van der Waals surface area contributed by atoms with Crippen molar-refractivity contribution >= 4 is 68.2 Å². The highest BCUT2D eigenvalue weighted by Crippen LogP contribution is 2.48. The second-order valence-electron chi connectivity index (χ2n) is 13.0. The van der Waals surface area contributed by atoms with Crippen LogP contribution in [0.25, 0.3) is 21.8 Å². The van der Waals surface area contributed by atoms with Crippen LogP contribution in [-0.4, -0.2) is 50.7 Å². The number of aromatic nitrogens is 2. The molecule has 1 saturated heterocycles. The summed E-state index contributed by atoms with van der Waals surface area (Å²) < 4.78 is 5.32. The molecule has 0 spiro atoms. The molecule has 7 rings (SSSR count). The van der Waals surface area contributed by atoms with Crippen LogP contribution in [-0.2, 0) is 4.74 Å². The minimum Gasteiger partial charge on any atom is -0.444 e. The fourth-order valence-corrected chi connectivity index (χ4v) is 7.42. The largest absolute Gasteiger partial charge is 0.444 e. The van der Waals surface area contributed by atoms with Crippen molar-refractivity contribution in [3.8, 4) is 0 Å². The van der Waals surface area contributed by atoms with Gasteiger partial charge in [-0.25, -0.2) is 4.79 Å². The van der Waals surface area contributed by atoms with E-state index in [4.69, 9.17) is 4.74 Å². The van der Waals surface area contributed by atoms with E-state index in [9.17, 15) is 19.2 Å². The fourth-order valence-electron chi connectivity index (χ4n) is 6.41. The number of aromatic amines is 2. The maximum atomic E-state index is 13.8. The Morgan fingerprint density at radius 2 is 1.57 bits per heavy atom. The molecule has 2 atom stereocenters. The molecule has 46 heavy (non-hydrogen) atoms. The van der Waals surface area contributed by atoms with Gasteiger partial charge in [-0.15, -0.1) is 11.3 Å². The van der Waals surface area contributed by atoms with Crippen molar-refractivity contribution in [2.24, 2.45) is 5.92 Å². The number of thiophene rings is 1. The minimum absolute atomic E-state index is 0.0200. The molecule has 1 fully saturated rings. The third kappa shape index (κ3) is 5.26. The molecular weight excluding hydrogens is 602 g/mol. The van der Waals surface area contributed by atoms with Crippen LogP contribution in [0.3, 0.4) is 0 Å². The highest BCUT2D eigenvalue weighted by atomic mass is 32.1. The zero-order chi connectivity index (χ0) is 32.5. The van der Waals surface area contributed by atoms with E-state index in [1.807, 2.05) is 24.4 Å². The Morgan fingerprint density at radius 1 is 0.935 bits per heavy atom. The van der Waals surface area contributed by atoms with Crippen LogP contribution in [0.4, 0.5) is 16.2 Å². The number of carbonyl (C=O) groups is 4. The van der Waals surface area contributed by atoms with E-state index < -0.39 is 11.7 Å². The lowest BCUT2D eigenvalue weighted by Crippen LogP contribution is -2.29. The Balaban J connectivity index is 1.07. The van der Waals surface area contributed by atoms with E-state index in [2.05, 4.69) is 27.5 Å². The Morgan fingerprint density at radius 3 is 2.24 bits per heavy atom. The maximum absolute atomic E-state index is 13.8. The van der Waals surface area contributed by atoms with Gasteiger partial charge in [0.1, 0.15) is 17.0 Å². The van der Waals surface area contributed by atoms with E-state index >= 15 is 0 Å². The Bertz CT molecular complexity index is 2130. The Kier molecular flexibility index (Phi) is 6.89. The summed E-state index contributed by atoms with van der Waals surface area (Å²) in [5.41, 5.74) is 5.67. The summed E-state index contributed by atoms with van der Waals surface area (Å²) in [6, 6.07) is 14.2. The topological polar surface area (TPSA) is 136 Å². The number of nitrogens with one attached hydrogen (secondary N) is 4. The number of anilines is 2. The van der Waals surface area contributed by atoms with E-state index in [1.165, 1.54) is 11.3 Å². The number of ketones is 1. The van der Waals surface area contributed by atoms with Crippen LogP contribution < -0.4 is 10.6 Å². The lowest BCUT2D eigenvalue weighted by Gasteiger charge is -2.24. The minimum atomic E-state index is -0.618. The van der Waals surface area contributed by atoms with Gasteiger partial charge in [-0.1, -0.05) is 6.92 Å². The van der Waals surface area contributed by atoms with Gasteiger partial charge in [0.05, 0.1) is 4.88 Å². The molecule has 0 radical (unpaired) electrons. The average Bonchev–Trinajstić information content (AvgIpc) is 3.76. The second-order valence-corrected chi connectivity index (χ2v) is 13.9. The molecule has 1 unspecified atom stereocenters. The predicted octanol–water partition coefficient (Wildman–Crippen LogP) is 7.57. The van der Waals surface area contributed by atoms with Crippen molar-refractivity contribution < 1.29 is 23.9 Å². The van der Waals surface area contributed by atoms with Gasteiger partial charge in [-0.3, -0.25) is 19.7 Å². The number of fused-ring (bicyclic) bond motifs is 5. The standard InChI is InChI=1S/C35H33N5O5S/c1-17-15-40(27-14-28(41)31-30(29(17)27)18(2)16-46-31)33(43)26-13-20-10-21(6-8-24(20)39-26)36-32(42)25-12-19-11-22(7-9-23(19)38-25)37-34(44)45-35(3,4)5/h6-14,16-17,29,38-39H,15H2,1-5H3,(H,36,42)(H,37,44)/t17-,29?/m1/s1. The molecule has 0 saturated carbocycles. The van der Waals surface area contributed by atoms with Crippen LogP contribution in [0.2, 0.25) is 0 Å². The normalized spacial score (nSPS) is 17.5. The Labute approximate surface area is 268 Å². The van der Waals surface area contributed by atoms with Crippen molar-refractivity contribution in [3.63, 3.8) is 0 Å². The van der Waals surface area contributed by atoms with E-state index in [-0.39, 0.29) is 29.4 Å². The number of hydrogen-bond acceptors (Lipinski definition) is 6. The number of allylic oxidation sites excluding steroid dienone is 2. The smallest absolute Gasteiger partial charge is 0.412 e. The monoisotopic (exact) mass is 635 g/mol. The van der Waals surface area contributed by atoms with Gasteiger partial charge in [0, 0.05) is 57.4 Å². The summed E-state index contributed by atoms with van der Waals surface area (Å²) in [6.45, 7) is 10.0. The maximum Gasteiger partial charge on any atom is 0.412 e. The van der Waals surface area contributed by atoms with Crippen LogP contribution in [0, 0.1) is 12.8 Å². The van der Waals surface area contributed by atoms with Crippen molar-refractivity contribution in [3.05, 3.63) is 93.1 Å². The van der Waals surface area contributed by atoms with Crippen molar-refractivity contribution in [2.45, 2.75) is 46.1 Å². The van der Waals surface area contributed by atoms with Crippen LogP contribution in [0.1, 0.15) is 75.4 Å². The van der Waals surface area contributed by atoms with E-state index in [1.54, 1.807) is 68.1 Å². The summed E-state index contributed by atoms with van der Waals surface area (Å²) in [4.78, 5) is 60.9. The van der Waals surface area contributed by atoms with E-state index in [0.717, 1.165) is 43.5 Å². The number of ether oxygens (including phenoxy) is 1. The second kappa shape index (κ2) is 10.7. The summed E-state index contributed by atoms with van der Waals surface area (Å²) in [6.07, 6.45) is 1.07. The van der Waals surface area contributed by atoms with Crippen LogP contribution >= 0.6 is 11.3 Å². The molecule has 3 aromatic heterocycles. The van der Waals surface area contributed by atoms with Gasteiger partial charge < -0.3 is 24.9 Å². The molecule has 4 heterocycles. The molecule has 0 bridgehead atoms. The van der Waals surface area contributed by atoms with Crippen molar-refractivity contribution in [1.29, 1.82) is 0 Å². The number of benzene rings is 2. The fraction of sp³-hybridized carbons (Fsp3) is 0.257. The molecule has 10 nitrogen and oxygen atoms in total. The molecule has 4 N–H and O–H groups in total. The molecule has 1 aliphatic carbocycles. The quantitative estimate of drug-likeness (QED) is 0.161. The number of rotatable bonds is 4. The molecule has 1 aliphatic heterocycles. The lowest BCUT2D eigenvalue weighted by atomic mass is 9.82. The first-order chi connectivity index (χ1) is 21.8. The third-order valence-electron chi connectivity index (χ3n) is 8.37. The molecule has 11 heteroatoms. The predicted molar refractivity (Wildman–Crippen MR) is 179 cm³/mol. The first-order valence-corrected chi connectivity index (χ1v) is 16.0. The molecule has 2 aromatic carbocycles. The van der Waals surface area contributed by atoms with Gasteiger partial charge in [0.25, 0.3) is 11.8 Å². The number of aryl methyl sites for hydroxylation is 1. The SMILES string of the molecule is Cc1csc2c1C1C(=CC2=O)N(C(=O)c2cc3cc(NC(=O)c4cc5cc(NC(=O)OC(C)(C)C)ccc5[nH]4)ccc3[nH]2)C[C@H]1C. The van der Waals surface area contributed by atoms with Gasteiger partial charge in [-0.2, -0.15) is 0 Å². The van der Waals surface area contributed by atoms with Crippen LogP contribution in [0.15, 0.2) is 65.7 Å².